The lowest BCUT2D eigenvalue weighted by molar-refractivity contribution is 0.102. The normalized spacial score (nSPS) is 10.4. The van der Waals surface area contributed by atoms with E-state index < -0.39 is 5.91 Å². The van der Waals surface area contributed by atoms with Crippen molar-refractivity contribution >= 4 is 28.3 Å². The number of anilines is 2. The molecule has 0 aliphatic rings. The Hall–Kier alpha value is -3.68. The third-order valence-electron chi connectivity index (χ3n) is 4.13. The van der Waals surface area contributed by atoms with Crippen LogP contribution in [-0.2, 0) is 6.42 Å². The van der Waals surface area contributed by atoms with Crippen molar-refractivity contribution in [1.82, 2.24) is 25.1 Å². The summed E-state index contributed by atoms with van der Waals surface area (Å²) in [6.45, 7) is 6.10. The maximum absolute atomic E-state index is 12.4. The molecule has 0 aliphatic carbocycles. The number of aromatic nitrogens is 5. The van der Waals surface area contributed by atoms with Gasteiger partial charge in [-0.15, -0.1) is 0 Å². The number of pyridine rings is 1. The average molecular weight is 377 g/mol. The molecule has 5 N–H and O–H groups in total. The zero-order chi connectivity index (χ0) is 20.1. The number of nitrogens with two attached hydrogens (primary N) is 1. The zero-order valence-electron chi connectivity index (χ0n) is 16.1. The highest BCUT2D eigenvalue weighted by molar-refractivity contribution is 6.07. The molecular weight excluding hydrogens is 354 g/mol. The third-order valence-corrected chi connectivity index (χ3v) is 4.13. The Balaban J connectivity index is 0.00000109. The van der Waals surface area contributed by atoms with Gasteiger partial charge < -0.3 is 16.0 Å². The molecule has 0 atom stereocenters. The number of aromatic amines is 2. The number of hydrogen-bond acceptors (Lipinski definition) is 5. The van der Waals surface area contributed by atoms with Crippen LogP contribution in [0, 0.1) is 0 Å². The van der Waals surface area contributed by atoms with Crippen molar-refractivity contribution in [3.63, 3.8) is 0 Å². The smallest absolute Gasteiger partial charge is 0.276 e. The predicted molar refractivity (Wildman–Crippen MR) is 111 cm³/mol. The van der Waals surface area contributed by atoms with Crippen LogP contribution in [0.4, 0.5) is 11.4 Å². The van der Waals surface area contributed by atoms with E-state index in [0.29, 0.717) is 22.9 Å². The van der Waals surface area contributed by atoms with Crippen LogP contribution in [0.2, 0.25) is 0 Å². The zero-order valence-corrected chi connectivity index (χ0v) is 16.1. The van der Waals surface area contributed by atoms with Gasteiger partial charge in [0.05, 0.1) is 28.6 Å². The monoisotopic (exact) mass is 377 g/mol. The number of carbonyl (C=O) groups is 1. The number of nitrogen functional groups attached to an aromatic ring is 1. The van der Waals surface area contributed by atoms with Gasteiger partial charge in [0.25, 0.3) is 5.91 Å². The molecule has 144 valence electrons. The molecule has 0 aliphatic heterocycles. The van der Waals surface area contributed by atoms with E-state index >= 15 is 0 Å². The van der Waals surface area contributed by atoms with Crippen LogP contribution < -0.4 is 11.1 Å². The van der Waals surface area contributed by atoms with E-state index in [2.05, 4.69) is 43.5 Å². The number of nitrogens with zero attached hydrogens (tertiary/aromatic N) is 3. The number of aryl methyl sites for hydroxylation is 1. The number of rotatable bonds is 4. The maximum atomic E-state index is 12.4. The molecule has 0 saturated heterocycles. The molecule has 0 saturated carbocycles. The number of hydrogen-bond donors (Lipinski definition) is 4. The standard InChI is InChI=1S/C18H17N7O.C2H6/c1-2-10-5-6-12-13(8-10)23-17(22-12)16-14(9-21-25-16)24-18(26)15-11(19)4-3-7-20-15;1-2/h3-9H,2,19H2,1H3,(H,21,25)(H,22,23)(H,24,26);1-2H3. The summed E-state index contributed by atoms with van der Waals surface area (Å²) in [5.74, 6) is 0.185. The first-order valence-corrected chi connectivity index (χ1v) is 9.20. The minimum Gasteiger partial charge on any atom is -0.397 e. The molecule has 8 nitrogen and oxygen atoms in total. The fourth-order valence-electron chi connectivity index (χ4n) is 2.75. The molecule has 0 bridgehead atoms. The van der Waals surface area contributed by atoms with E-state index in [1.54, 1.807) is 12.1 Å². The Labute approximate surface area is 162 Å². The van der Waals surface area contributed by atoms with Crippen LogP contribution in [0.25, 0.3) is 22.6 Å². The fourth-order valence-corrected chi connectivity index (χ4v) is 2.75. The topological polar surface area (TPSA) is 125 Å². The van der Waals surface area contributed by atoms with E-state index in [9.17, 15) is 4.79 Å². The van der Waals surface area contributed by atoms with Crippen molar-refractivity contribution < 1.29 is 4.79 Å². The molecule has 4 rings (SSSR count). The van der Waals surface area contributed by atoms with E-state index in [-0.39, 0.29) is 5.69 Å². The molecule has 1 aromatic carbocycles. The van der Waals surface area contributed by atoms with Crippen molar-refractivity contribution in [3.05, 3.63) is 54.0 Å². The first kappa shape index (κ1) is 19.1. The van der Waals surface area contributed by atoms with Crippen LogP contribution in [0.5, 0.6) is 0 Å². The Bertz CT molecular complexity index is 1100. The molecule has 28 heavy (non-hydrogen) atoms. The minimum absolute atomic E-state index is 0.164. The van der Waals surface area contributed by atoms with Crippen LogP contribution in [0.15, 0.2) is 42.7 Å². The van der Waals surface area contributed by atoms with Crippen molar-refractivity contribution in [2.24, 2.45) is 0 Å². The third kappa shape index (κ3) is 3.71. The second-order valence-corrected chi connectivity index (χ2v) is 5.84. The van der Waals surface area contributed by atoms with Crippen molar-refractivity contribution in [2.45, 2.75) is 27.2 Å². The molecule has 0 fully saturated rings. The largest absolute Gasteiger partial charge is 0.397 e. The molecule has 0 radical (unpaired) electrons. The van der Waals surface area contributed by atoms with E-state index in [0.717, 1.165) is 17.5 Å². The summed E-state index contributed by atoms with van der Waals surface area (Å²) in [5, 5.41) is 9.67. The first-order chi connectivity index (χ1) is 13.7. The summed E-state index contributed by atoms with van der Waals surface area (Å²) in [4.78, 5) is 24.3. The van der Waals surface area contributed by atoms with Gasteiger partial charge in [0.2, 0.25) is 0 Å². The number of nitrogens with one attached hydrogen (secondary N) is 3. The second kappa shape index (κ2) is 8.34. The van der Waals surface area contributed by atoms with Crippen LogP contribution in [0.3, 0.4) is 0 Å². The first-order valence-electron chi connectivity index (χ1n) is 9.20. The van der Waals surface area contributed by atoms with Gasteiger partial charge in [-0.05, 0) is 36.2 Å². The van der Waals surface area contributed by atoms with Gasteiger partial charge in [-0.2, -0.15) is 5.10 Å². The van der Waals surface area contributed by atoms with E-state index in [4.69, 9.17) is 5.73 Å². The van der Waals surface area contributed by atoms with Crippen molar-refractivity contribution in [2.75, 3.05) is 11.1 Å². The Morgan fingerprint density at radius 2 is 2.07 bits per heavy atom. The molecule has 8 heteroatoms. The molecule has 4 aromatic rings. The van der Waals surface area contributed by atoms with E-state index in [1.165, 1.54) is 18.0 Å². The molecule has 0 spiro atoms. The molecule has 0 unspecified atom stereocenters. The number of imidazole rings is 1. The molecular formula is C20H23N7O. The van der Waals surface area contributed by atoms with Gasteiger partial charge in [-0.25, -0.2) is 9.97 Å². The summed E-state index contributed by atoms with van der Waals surface area (Å²) in [6.07, 6.45) is 3.99. The SMILES string of the molecule is CC.CCc1ccc2nc(-c3[nH]ncc3NC(=O)c3ncccc3N)[nH]c2c1. The number of amides is 1. The highest BCUT2D eigenvalue weighted by Gasteiger charge is 2.17. The number of carbonyl (C=O) groups excluding carboxylic acids is 1. The lowest BCUT2D eigenvalue weighted by Crippen LogP contribution is -2.15. The van der Waals surface area contributed by atoms with Gasteiger partial charge in [-0.3, -0.25) is 9.89 Å². The van der Waals surface area contributed by atoms with Crippen LogP contribution in [-0.4, -0.2) is 31.1 Å². The van der Waals surface area contributed by atoms with Gasteiger partial charge >= 0.3 is 0 Å². The number of fused-ring (bicyclic) bond motifs is 1. The van der Waals surface area contributed by atoms with Crippen LogP contribution >= 0.6 is 0 Å². The lowest BCUT2D eigenvalue weighted by Gasteiger charge is -2.05. The number of benzene rings is 1. The summed E-state index contributed by atoms with van der Waals surface area (Å²) >= 11 is 0. The second-order valence-electron chi connectivity index (χ2n) is 5.84. The summed E-state index contributed by atoms with van der Waals surface area (Å²) in [7, 11) is 0. The maximum Gasteiger partial charge on any atom is 0.276 e. The summed E-state index contributed by atoms with van der Waals surface area (Å²) in [5.41, 5.74) is 10.4. The Kier molecular flexibility index (Phi) is 5.69. The van der Waals surface area contributed by atoms with Crippen molar-refractivity contribution in [3.8, 4) is 11.5 Å². The Morgan fingerprint density at radius 1 is 1.25 bits per heavy atom. The average Bonchev–Trinajstić information content (AvgIpc) is 3.35. The Morgan fingerprint density at radius 3 is 2.82 bits per heavy atom. The lowest BCUT2D eigenvalue weighted by atomic mass is 10.1. The van der Waals surface area contributed by atoms with Gasteiger partial charge in [0, 0.05) is 6.20 Å². The van der Waals surface area contributed by atoms with Crippen LogP contribution in [0.1, 0.15) is 36.8 Å². The van der Waals surface area contributed by atoms with Crippen molar-refractivity contribution in [1.29, 1.82) is 0 Å². The summed E-state index contributed by atoms with van der Waals surface area (Å²) in [6, 6.07) is 9.38. The molecule has 1 amide bonds. The summed E-state index contributed by atoms with van der Waals surface area (Å²) < 4.78 is 0. The quantitative estimate of drug-likeness (QED) is 0.431. The minimum atomic E-state index is -0.407. The molecule has 3 aromatic heterocycles. The van der Waals surface area contributed by atoms with E-state index in [1.807, 2.05) is 26.0 Å². The van der Waals surface area contributed by atoms with Gasteiger partial charge in [0.1, 0.15) is 5.69 Å². The highest BCUT2D eigenvalue weighted by atomic mass is 16.1. The fraction of sp³-hybridized carbons (Fsp3) is 0.200. The van der Waals surface area contributed by atoms with Gasteiger partial charge in [-0.1, -0.05) is 26.8 Å². The number of H-pyrrole nitrogens is 2. The predicted octanol–water partition coefficient (Wildman–Crippen LogP) is 3.77. The van der Waals surface area contributed by atoms with Gasteiger partial charge in [0.15, 0.2) is 11.5 Å². The molecule has 3 heterocycles. The highest BCUT2D eigenvalue weighted by Crippen LogP contribution is 2.26.